The summed E-state index contributed by atoms with van der Waals surface area (Å²) in [6, 6.07) is 57.8. The summed E-state index contributed by atoms with van der Waals surface area (Å²) in [5, 5.41) is 4.72. The second-order valence-corrected chi connectivity index (χ2v) is 10.6. The zero-order chi connectivity index (χ0) is 27.9. The maximum atomic E-state index is 6.51. The Kier molecular flexibility index (Phi) is 5.82. The Balaban J connectivity index is 1.20. The molecule has 0 spiro atoms. The van der Waals surface area contributed by atoms with Gasteiger partial charge in [-0.2, -0.15) is 0 Å². The van der Waals surface area contributed by atoms with Gasteiger partial charge < -0.3 is 9.32 Å². The summed E-state index contributed by atoms with van der Waals surface area (Å²) in [5.41, 5.74) is 9.84. The number of benzene rings is 7. The van der Waals surface area contributed by atoms with Crippen LogP contribution in [0.5, 0.6) is 0 Å². The average molecular weight is 538 g/mol. The molecule has 0 aliphatic carbocycles. The van der Waals surface area contributed by atoms with Gasteiger partial charge in [0.05, 0.1) is 0 Å². The van der Waals surface area contributed by atoms with Crippen LogP contribution in [-0.4, -0.2) is 0 Å². The molecule has 42 heavy (non-hydrogen) atoms. The van der Waals surface area contributed by atoms with Crippen molar-refractivity contribution in [2.24, 2.45) is 0 Å². The summed E-state index contributed by atoms with van der Waals surface area (Å²) in [4.78, 5) is 2.26. The molecule has 2 heteroatoms. The molecule has 2 nitrogen and oxygen atoms in total. The van der Waals surface area contributed by atoms with E-state index in [2.05, 4.69) is 157 Å². The van der Waals surface area contributed by atoms with Gasteiger partial charge in [-0.25, -0.2) is 0 Å². The Morgan fingerprint density at radius 3 is 1.62 bits per heavy atom. The van der Waals surface area contributed by atoms with Crippen molar-refractivity contribution in [1.29, 1.82) is 0 Å². The fraction of sp³-hybridized carbons (Fsp3) is 0. The van der Waals surface area contributed by atoms with Crippen molar-refractivity contribution >= 4 is 49.8 Å². The number of para-hydroxylation sites is 2. The van der Waals surface area contributed by atoms with E-state index in [1.807, 2.05) is 12.1 Å². The zero-order valence-electron chi connectivity index (χ0n) is 22.9. The lowest BCUT2D eigenvalue weighted by Gasteiger charge is -2.25. The zero-order valence-corrected chi connectivity index (χ0v) is 22.9. The highest BCUT2D eigenvalue weighted by Crippen LogP contribution is 2.39. The fourth-order valence-corrected chi connectivity index (χ4v) is 6.02. The standard InChI is InChI=1S/C40H27NO/c1-4-11-28(12-5-1)35-18-10-13-31-25-29(19-22-36(31)35)30-20-23-37-38-24-21-34(27-40(38)42-39(37)26-30)41(32-14-6-2-7-15-32)33-16-8-3-9-17-33/h1-27H. The van der Waals surface area contributed by atoms with Crippen molar-refractivity contribution < 1.29 is 4.42 Å². The van der Waals surface area contributed by atoms with E-state index in [4.69, 9.17) is 4.42 Å². The van der Waals surface area contributed by atoms with Crippen LogP contribution in [0.25, 0.3) is 55.0 Å². The highest BCUT2D eigenvalue weighted by Gasteiger charge is 2.15. The minimum Gasteiger partial charge on any atom is -0.456 e. The molecular weight excluding hydrogens is 510 g/mol. The number of hydrogen-bond acceptors (Lipinski definition) is 2. The Morgan fingerprint density at radius 1 is 0.357 bits per heavy atom. The molecule has 0 amide bonds. The molecular formula is C40H27NO. The number of hydrogen-bond donors (Lipinski definition) is 0. The third kappa shape index (κ3) is 4.22. The molecule has 0 saturated heterocycles. The molecule has 0 aliphatic heterocycles. The lowest BCUT2D eigenvalue weighted by atomic mass is 9.95. The van der Waals surface area contributed by atoms with Gasteiger partial charge >= 0.3 is 0 Å². The summed E-state index contributed by atoms with van der Waals surface area (Å²) >= 11 is 0. The number of fused-ring (bicyclic) bond motifs is 4. The van der Waals surface area contributed by atoms with Crippen molar-refractivity contribution in [3.63, 3.8) is 0 Å². The maximum absolute atomic E-state index is 6.51. The largest absolute Gasteiger partial charge is 0.456 e. The third-order valence-corrected chi connectivity index (χ3v) is 8.04. The predicted molar refractivity (Wildman–Crippen MR) is 177 cm³/mol. The monoisotopic (exact) mass is 537 g/mol. The molecule has 1 heterocycles. The Labute approximate surface area is 244 Å². The molecule has 0 saturated carbocycles. The molecule has 7 aromatic carbocycles. The summed E-state index contributed by atoms with van der Waals surface area (Å²) in [5.74, 6) is 0. The van der Waals surface area contributed by atoms with E-state index in [1.54, 1.807) is 0 Å². The van der Waals surface area contributed by atoms with Crippen molar-refractivity contribution in [2.45, 2.75) is 0 Å². The third-order valence-electron chi connectivity index (χ3n) is 8.04. The molecule has 0 fully saturated rings. The molecule has 1 aromatic heterocycles. The van der Waals surface area contributed by atoms with Crippen molar-refractivity contribution in [3.05, 3.63) is 164 Å². The molecule has 8 rings (SSSR count). The summed E-state index contributed by atoms with van der Waals surface area (Å²) in [6.45, 7) is 0. The van der Waals surface area contributed by atoms with Gasteiger partial charge in [0.15, 0.2) is 0 Å². The second kappa shape index (κ2) is 10.1. The highest BCUT2D eigenvalue weighted by molar-refractivity contribution is 6.07. The molecule has 0 atom stereocenters. The van der Waals surface area contributed by atoms with Crippen LogP contribution in [0.2, 0.25) is 0 Å². The van der Waals surface area contributed by atoms with Gasteiger partial charge in [0.2, 0.25) is 0 Å². The molecule has 0 bridgehead atoms. The number of nitrogens with zero attached hydrogens (tertiary/aromatic N) is 1. The quantitative estimate of drug-likeness (QED) is 0.217. The van der Waals surface area contributed by atoms with Crippen LogP contribution in [0.3, 0.4) is 0 Å². The van der Waals surface area contributed by atoms with Gasteiger partial charge in [0.25, 0.3) is 0 Å². The normalized spacial score (nSPS) is 11.3. The van der Waals surface area contributed by atoms with Crippen molar-refractivity contribution in [1.82, 2.24) is 0 Å². The molecule has 0 aliphatic rings. The topological polar surface area (TPSA) is 16.4 Å². The smallest absolute Gasteiger partial charge is 0.137 e. The van der Waals surface area contributed by atoms with E-state index < -0.39 is 0 Å². The van der Waals surface area contributed by atoms with Gasteiger partial charge in [-0.15, -0.1) is 0 Å². The molecule has 198 valence electrons. The Hall–Kier alpha value is -5.60. The fourth-order valence-electron chi connectivity index (χ4n) is 6.02. The number of anilines is 3. The number of rotatable bonds is 5. The minimum absolute atomic E-state index is 0.877. The first-order valence-corrected chi connectivity index (χ1v) is 14.3. The minimum atomic E-state index is 0.877. The predicted octanol–water partition coefficient (Wildman–Crippen LogP) is 11.5. The van der Waals surface area contributed by atoms with Gasteiger partial charge in [-0.1, -0.05) is 103 Å². The molecule has 0 unspecified atom stereocenters. The first-order chi connectivity index (χ1) is 20.8. The van der Waals surface area contributed by atoms with E-state index in [9.17, 15) is 0 Å². The van der Waals surface area contributed by atoms with Crippen LogP contribution in [0, 0.1) is 0 Å². The Bertz CT molecular complexity index is 2140. The molecule has 8 aromatic rings. The van der Waals surface area contributed by atoms with Crippen LogP contribution in [0.15, 0.2) is 168 Å². The molecule has 0 radical (unpaired) electrons. The first kappa shape index (κ1) is 24.2. The van der Waals surface area contributed by atoms with Crippen LogP contribution in [0.1, 0.15) is 0 Å². The maximum Gasteiger partial charge on any atom is 0.137 e. The first-order valence-electron chi connectivity index (χ1n) is 14.3. The molecule has 0 N–H and O–H groups in total. The van der Waals surface area contributed by atoms with Crippen LogP contribution in [-0.2, 0) is 0 Å². The lowest BCUT2D eigenvalue weighted by molar-refractivity contribution is 0.669. The second-order valence-electron chi connectivity index (χ2n) is 10.6. The van der Waals surface area contributed by atoms with Crippen molar-refractivity contribution in [3.8, 4) is 22.3 Å². The number of furan rings is 1. The van der Waals surface area contributed by atoms with E-state index in [-0.39, 0.29) is 0 Å². The Morgan fingerprint density at radius 2 is 0.929 bits per heavy atom. The summed E-state index contributed by atoms with van der Waals surface area (Å²) in [7, 11) is 0. The van der Waals surface area contributed by atoms with E-state index in [0.717, 1.165) is 44.6 Å². The van der Waals surface area contributed by atoms with Gasteiger partial charge in [0.1, 0.15) is 11.2 Å². The average Bonchev–Trinajstić information content (AvgIpc) is 3.43. The van der Waals surface area contributed by atoms with E-state index in [1.165, 1.54) is 27.5 Å². The lowest BCUT2D eigenvalue weighted by Crippen LogP contribution is -2.09. The summed E-state index contributed by atoms with van der Waals surface area (Å²) < 4.78 is 6.51. The highest BCUT2D eigenvalue weighted by atomic mass is 16.3. The van der Waals surface area contributed by atoms with Gasteiger partial charge in [0, 0.05) is 33.9 Å². The van der Waals surface area contributed by atoms with E-state index >= 15 is 0 Å². The van der Waals surface area contributed by atoms with Gasteiger partial charge in [-0.3, -0.25) is 0 Å². The van der Waals surface area contributed by atoms with Gasteiger partial charge in [-0.05, 0) is 87.6 Å². The SMILES string of the molecule is c1ccc(-c2cccc3cc(-c4ccc5c(c4)oc4cc(N(c6ccccc6)c6ccccc6)ccc45)ccc23)cc1. The van der Waals surface area contributed by atoms with E-state index in [0.29, 0.717) is 0 Å². The van der Waals surface area contributed by atoms with Crippen LogP contribution >= 0.6 is 0 Å². The van der Waals surface area contributed by atoms with Crippen LogP contribution in [0.4, 0.5) is 17.1 Å². The van der Waals surface area contributed by atoms with Crippen LogP contribution < -0.4 is 4.90 Å². The summed E-state index contributed by atoms with van der Waals surface area (Å²) in [6.07, 6.45) is 0. The van der Waals surface area contributed by atoms with Crippen molar-refractivity contribution in [2.75, 3.05) is 4.90 Å².